The summed E-state index contributed by atoms with van der Waals surface area (Å²) >= 11 is 5.69. The highest BCUT2D eigenvalue weighted by Crippen LogP contribution is 2.25. The number of hydrogen-bond donors (Lipinski definition) is 2. The van der Waals surface area contributed by atoms with E-state index in [0.717, 1.165) is 0 Å². The van der Waals surface area contributed by atoms with Gasteiger partial charge in [0.15, 0.2) is 0 Å². The summed E-state index contributed by atoms with van der Waals surface area (Å²) in [4.78, 5) is 0. The van der Waals surface area contributed by atoms with Crippen molar-refractivity contribution in [2.24, 2.45) is 0 Å². The fraction of sp³-hybridized carbons (Fsp3) is 0.143. The van der Waals surface area contributed by atoms with Gasteiger partial charge in [0.25, 0.3) is 0 Å². The summed E-state index contributed by atoms with van der Waals surface area (Å²) < 4.78 is 18.1. The number of anilines is 1. The van der Waals surface area contributed by atoms with Crippen LogP contribution in [0, 0.1) is 5.82 Å². The van der Waals surface area contributed by atoms with Crippen LogP contribution in [0.4, 0.5) is 10.1 Å². The van der Waals surface area contributed by atoms with Crippen molar-refractivity contribution in [1.29, 1.82) is 0 Å². The molecule has 0 aromatic heterocycles. The number of halogens is 2. The highest BCUT2D eigenvalue weighted by atomic mass is 35.5. The first-order chi connectivity index (χ1) is 9.10. The van der Waals surface area contributed by atoms with Crippen LogP contribution in [0.15, 0.2) is 36.4 Å². The van der Waals surface area contributed by atoms with E-state index in [9.17, 15) is 9.50 Å². The van der Waals surface area contributed by atoms with Gasteiger partial charge in [-0.25, -0.2) is 4.39 Å². The molecule has 3 nitrogen and oxygen atoms in total. The molecule has 0 amide bonds. The summed E-state index contributed by atoms with van der Waals surface area (Å²) in [6.07, 6.45) is 0. The first-order valence-corrected chi connectivity index (χ1v) is 6.03. The van der Waals surface area contributed by atoms with Gasteiger partial charge in [0, 0.05) is 17.8 Å². The second-order valence-corrected chi connectivity index (χ2v) is 4.38. The van der Waals surface area contributed by atoms with Crippen LogP contribution in [0.5, 0.6) is 11.5 Å². The van der Waals surface area contributed by atoms with Gasteiger partial charge in [-0.3, -0.25) is 0 Å². The average Bonchev–Trinajstić information content (AvgIpc) is 2.41. The molecule has 2 rings (SSSR count). The molecule has 2 N–H and O–H groups in total. The quantitative estimate of drug-likeness (QED) is 0.895. The van der Waals surface area contributed by atoms with Gasteiger partial charge in [-0.15, -0.1) is 0 Å². The number of methoxy groups -OCH3 is 1. The Kier molecular flexibility index (Phi) is 4.12. The maximum atomic E-state index is 13.0. The minimum atomic E-state index is -0.462. The molecule has 0 bridgehead atoms. The zero-order valence-electron chi connectivity index (χ0n) is 10.3. The van der Waals surface area contributed by atoms with Crippen LogP contribution in [0.1, 0.15) is 5.56 Å². The molecule has 0 atom stereocenters. The van der Waals surface area contributed by atoms with E-state index >= 15 is 0 Å². The highest BCUT2D eigenvalue weighted by Gasteiger charge is 2.05. The number of hydrogen-bond acceptors (Lipinski definition) is 3. The summed E-state index contributed by atoms with van der Waals surface area (Å²) in [6.45, 7) is 0.380. The molecular weight excluding hydrogens is 269 g/mol. The van der Waals surface area contributed by atoms with Crippen molar-refractivity contribution in [2.75, 3.05) is 12.4 Å². The Balaban J connectivity index is 2.11. The van der Waals surface area contributed by atoms with Crippen molar-refractivity contribution < 1.29 is 14.2 Å². The molecule has 5 heteroatoms. The number of phenols is 1. The average molecular weight is 282 g/mol. The van der Waals surface area contributed by atoms with Crippen LogP contribution in [-0.2, 0) is 6.54 Å². The van der Waals surface area contributed by atoms with Gasteiger partial charge < -0.3 is 15.2 Å². The normalized spacial score (nSPS) is 10.3. The molecule has 0 spiro atoms. The Morgan fingerprint density at radius 3 is 2.74 bits per heavy atom. The molecule has 0 aliphatic heterocycles. The van der Waals surface area contributed by atoms with Crippen LogP contribution >= 0.6 is 11.6 Å². The van der Waals surface area contributed by atoms with Crippen molar-refractivity contribution in [3.63, 3.8) is 0 Å². The Labute approximate surface area is 115 Å². The van der Waals surface area contributed by atoms with Crippen molar-refractivity contribution in [3.05, 3.63) is 52.8 Å². The third kappa shape index (κ3) is 3.29. The lowest BCUT2D eigenvalue weighted by Crippen LogP contribution is -2.00. The topological polar surface area (TPSA) is 41.5 Å². The Hall–Kier alpha value is -1.94. The Morgan fingerprint density at radius 2 is 2.05 bits per heavy atom. The number of benzene rings is 2. The standard InChI is InChI=1S/C14H13ClFNO2/c1-19-11-3-5-14(18)9(6-11)8-17-10-2-4-13(16)12(15)7-10/h2-7,17-18H,8H2,1H3. The zero-order chi connectivity index (χ0) is 13.8. The maximum Gasteiger partial charge on any atom is 0.141 e. The molecule has 2 aromatic rings. The molecule has 19 heavy (non-hydrogen) atoms. The van der Waals surface area contributed by atoms with E-state index in [4.69, 9.17) is 16.3 Å². The monoisotopic (exact) mass is 281 g/mol. The molecule has 100 valence electrons. The number of phenolic OH excluding ortho intramolecular Hbond substituents is 1. The lowest BCUT2D eigenvalue weighted by atomic mass is 10.2. The van der Waals surface area contributed by atoms with E-state index in [1.54, 1.807) is 31.4 Å². The van der Waals surface area contributed by atoms with Crippen molar-refractivity contribution in [3.8, 4) is 11.5 Å². The second-order valence-electron chi connectivity index (χ2n) is 3.98. The Bertz CT molecular complexity index is 590. The first-order valence-electron chi connectivity index (χ1n) is 5.65. The molecule has 0 saturated carbocycles. The van der Waals surface area contributed by atoms with Crippen LogP contribution in [0.2, 0.25) is 5.02 Å². The number of rotatable bonds is 4. The fourth-order valence-corrected chi connectivity index (χ4v) is 1.81. The molecule has 0 saturated heterocycles. The third-order valence-corrected chi connectivity index (χ3v) is 2.98. The summed E-state index contributed by atoms with van der Waals surface area (Å²) in [5, 5.41) is 12.8. The van der Waals surface area contributed by atoms with E-state index in [2.05, 4.69) is 5.32 Å². The molecule has 0 aliphatic carbocycles. The minimum Gasteiger partial charge on any atom is -0.508 e. The van der Waals surface area contributed by atoms with E-state index < -0.39 is 5.82 Å². The van der Waals surface area contributed by atoms with Crippen molar-refractivity contribution >= 4 is 17.3 Å². The summed E-state index contributed by atoms with van der Waals surface area (Å²) in [6, 6.07) is 9.33. The minimum absolute atomic E-state index is 0.0554. The lowest BCUT2D eigenvalue weighted by molar-refractivity contribution is 0.411. The van der Waals surface area contributed by atoms with E-state index in [1.165, 1.54) is 12.1 Å². The summed E-state index contributed by atoms with van der Waals surface area (Å²) in [5.41, 5.74) is 1.36. The highest BCUT2D eigenvalue weighted by molar-refractivity contribution is 6.31. The number of ether oxygens (including phenoxy) is 1. The number of aromatic hydroxyl groups is 1. The molecule has 0 fully saturated rings. The maximum absolute atomic E-state index is 13.0. The van der Waals surface area contributed by atoms with Gasteiger partial charge in [-0.1, -0.05) is 11.6 Å². The summed E-state index contributed by atoms with van der Waals surface area (Å²) in [5.74, 6) is 0.365. The molecule has 0 unspecified atom stereocenters. The summed E-state index contributed by atoms with van der Waals surface area (Å²) in [7, 11) is 1.56. The van der Waals surface area contributed by atoms with Crippen molar-refractivity contribution in [2.45, 2.75) is 6.54 Å². The van der Waals surface area contributed by atoms with Crippen LogP contribution < -0.4 is 10.1 Å². The van der Waals surface area contributed by atoms with Gasteiger partial charge in [0.05, 0.1) is 12.1 Å². The second kappa shape index (κ2) is 5.80. The predicted molar refractivity (Wildman–Crippen MR) is 73.4 cm³/mol. The fourth-order valence-electron chi connectivity index (χ4n) is 1.63. The molecule has 2 aromatic carbocycles. The lowest BCUT2D eigenvalue weighted by Gasteiger charge is -2.10. The first kappa shape index (κ1) is 13.5. The van der Waals surface area contributed by atoms with Gasteiger partial charge >= 0.3 is 0 Å². The largest absolute Gasteiger partial charge is 0.508 e. The van der Waals surface area contributed by atoms with E-state index in [1.807, 2.05) is 0 Å². The molecule has 0 heterocycles. The Morgan fingerprint density at radius 1 is 1.26 bits per heavy atom. The van der Waals surface area contributed by atoms with Gasteiger partial charge in [-0.2, -0.15) is 0 Å². The SMILES string of the molecule is COc1ccc(O)c(CNc2ccc(F)c(Cl)c2)c1. The third-order valence-electron chi connectivity index (χ3n) is 2.69. The van der Waals surface area contributed by atoms with Crippen molar-refractivity contribution in [1.82, 2.24) is 0 Å². The van der Waals surface area contributed by atoms with Gasteiger partial charge in [0.2, 0.25) is 0 Å². The predicted octanol–water partition coefficient (Wildman–Crippen LogP) is 3.81. The molecular formula is C14H13ClFNO2. The smallest absolute Gasteiger partial charge is 0.141 e. The van der Waals surface area contributed by atoms with Crippen LogP contribution in [0.3, 0.4) is 0 Å². The molecule has 0 aliphatic rings. The molecule has 0 radical (unpaired) electrons. The number of nitrogens with one attached hydrogen (secondary N) is 1. The van der Waals surface area contributed by atoms with E-state index in [0.29, 0.717) is 23.5 Å². The van der Waals surface area contributed by atoms with Crippen LogP contribution in [-0.4, -0.2) is 12.2 Å². The van der Waals surface area contributed by atoms with E-state index in [-0.39, 0.29) is 10.8 Å². The zero-order valence-corrected chi connectivity index (χ0v) is 11.0. The van der Waals surface area contributed by atoms with Gasteiger partial charge in [-0.05, 0) is 36.4 Å². The van der Waals surface area contributed by atoms with Gasteiger partial charge in [0.1, 0.15) is 17.3 Å². The van der Waals surface area contributed by atoms with Crippen LogP contribution in [0.25, 0.3) is 0 Å².